The van der Waals surface area contributed by atoms with Gasteiger partial charge in [-0.2, -0.15) is 0 Å². The number of anilines is 1. The Bertz CT molecular complexity index is 2150. The lowest BCUT2D eigenvalue weighted by molar-refractivity contribution is -0.116. The number of hydrogen-bond donors (Lipinski definition) is 2. The van der Waals surface area contributed by atoms with Gasteiger partial charge in [-0.3, -0.25) is 9.59 Å². The third-order valence-corrected chi connectivity index (χ3v) is 11.0. The van der Waals surface area contributed by atoms with Gasteiger partial charge in [0.05, 0.1) is 24.0 Å². The number of fused-ring (bicyclic) bond motifs is 5. The Kier molecular flexibility index (Phi) is 6.31. The van der Waals surface area contributed by atoms with Crippen molar-refractivity contribution in [2.24, 2.45) is 24.6 Å². The number of nitrogens with zero attached hydrogens (tertiary/aromatic N) is 4. The predicted octanol–water partition coefficient (Wildman–Crippen LogP) is 5.87. The van der Waals surface area contributed by atoms with E-state index in [2.05, 4.69) is 32.7 Å². The van der Waals surface area contributed by atoms with Crippen molar-refractivity contribution in [3.05, 3.63) is 65.5 Å². The number of aryl methyl sites for hydroxylation is 2. The zero-order chi connectivity index (χ0) is 32.1. The van der Waals surface area contributed by atoms with Gasteiger partial charge < -0.3 is 29.8 Å². The summed E-state index contributed by atoms with van der Waals surface area (Å²) >= 11 is 0. The van der Waals surface area contributed by atoms with Gasteiger partial charge in [0.15, 0.2) is 5.82 Å². The molecule has 3 fully saturated rings. The van der Waals surface area contributed by atoms with Gasteiger partial charge in [-0.05, 0) is 97.0 Å². The van der Waals surface area contributed by atoms with E-state index in [1.807, 2.05) is 36.2 Å². The van der Waals surface area contributed by atoms with Gasteiger partial charge in [-0.15, -0.1) is 0 Å². The van der Waals surface area contributed by atoms with Crippen molar-refractivity contribution in [3.63, 3.8) is 0 Å². The molecule has 2 aliphatic carbocycles. The Morgan fingerprint density at radius 2 is 1.91 bits per heavy atom. The molecule has 2 aromatic heterocycles. The van der Waals surface area contributed by atoms with Gasteiger partial charge in [0.2, 0.25) is 5.91 Å². The highest BCUT2D eigenvalue weighted by atomic mass is 19.1. The van der Waals surface area contributed by atoms with Gasteiger partial charge in [0, 0.05) is 55.1 Å². The molecule has 0 spiro atoms. The summed E-state index contributed by atoms with van der Waals surface area (Å²) in [5, 5.41) is 3.76. The Morgan fingerprint density at radius 3 is 2.66 bits per heavy atom. The number of carbonyl (C=O) groups is 2. The molecule has 0 radical (unpaired) electrons. The largest absolute Gasteiger partial charge is 0.494 e. The van der Waals surface area contributed by atoms with Crippen LogP contribution in [0.2, 0.25) is 0 Å². The summed E-state index contributed by atoms with van der Waals surface area (Å²) in [5.74, 6) is 1.79. The van der Waals surface area contributed by atoms with Crippen molar-refractivity contribution in [2.75, 3.05) is 19.0 Å². The summed E-state index contributed by atoms with van der Waals surface area (Å²) in [4.78, 5) is 32.7. The van der Waals surface area contributed by atoms with Crippen LogP contribution in [0.25, 0.3) is 44.6 Å². The highest BCUT2D eigenvalue weighted by Crippen LogP contribution is 2.41. The lowest BCUT2D eigenvalue weighted by atomic mass is 9.96. The predicted molar refractivity (Wildman–Crippen MR) is 179 cm³/mol. The number of amides is 2. The molecule has 47 heavy (non-hydrogen) atoms. The monoisotopic (exact) mass is 632 g/mol. The number of aromatic nitrogens is 3. The number of piperidine rings is 1. The van der Waals surface area contributed by atoms with E-state index >= 15 is 4.39 Å². The number of carbonyl (C=O) groups excluding carboxylic acids is 2. The fourth-order valence-electron chi connectivity index (χ4n) is 8.26. The average molecular weight is 633 g/mol. The third kappa shape index (κ3) is 4.48. The van der Waals surface area contributed by atoms with Crippen molar-refractivity contribution in [1.29, 1.82) is 0 Å². The van der Waals surface area contributed by atoms with Gasteiger partial charge in [-0.1, -0.05) is 12.1 Å². The van der Waals surface area contributed by atoms with Gasteiger partial charge >= 0.3 is 0 Å². The Balaban J connectivity index is 1.14. The number of nitrogens with one attached hydrogen (secondary N) is 1. The molecule has 2 unspecified atom stereocenters. The average Bonchev–Trinajstić information content (AvgIpc) is 3.48. The first-order valence-corrected chi connectivity index (χ1v) is 16.6. The second-order valence-corrected chi connectivity index (χ2v) is 13.9. The summed E-state index contributed by atoms with van der Waals surface area (Å²) in [6.45, 7) is 1.56. The Hall–Kier alpha value is -4.70. The molecule has 2 saturated carbocycles. The number of nitrogens with two attached hydrogens (primary N) is 1. The SMILES string of the molecule is COc1cc(C(=O)N2CC3CCC2[C@@H]3N)cc2nc(-c3cc4ccc(-c5cc(F)c6c(c5)CCC(=O)N6)cc4n3CC3CC3)n(C)c12. The number of methoxy groups -OCH3 is 1. The summed E-state index contributed by atoms with van der Waals surface area (Å²) in [5.41, 5.74) is 13.4. The van der Waals surface area contributed by atoms with E-state index in [-0.39, 0.29) is 23.9 Å². The van der Waals surface area contributed by atoms with Crippen LogP contribution in [-0.4, -0.2) is 56.6 Å². The van der Waals surface area contributed by atoms with E-state index in [9.17, 15) is 9.59 Å². The second kappa shape index (κ2) is 10.4. The maximum absolute atomic E-state index is 15.1. The number of imidazole rings is 1. The van der Waals surface area contributed by atoms with Crippen molar-refractivity contribution >= 4 is 39.4 Å². The molecule has 3 atom stereocenters. The van der Waals surface area contributed by atoms with Crippen molar-refractivity contribution in [3.8, 4) is 28.4 Å². The minimum Gasteiger partial charge on any atom is -0.494 e. The normalized spacial score (nSPS) is 21.9. The fraction of sp³-hybridized carbons (Fsp3) is 0.378. The van der Waals surface area contributed by atoms with Crippen molar-refractivity contribution < 1.29 is 18.7 Å². The number of likely N-dealkylation sites (tertiary alicyclic amines) is 1. The van der Waals surface area contributed by atoms with Gasteiger partial charge in [0.1, 0.15) is 17.1 Å². The molecule has 2 bridgehead atoms. The van der Waals surface area contributed by atoms with E-state index in [0.717, 1.165) is 64.0 Å². The minimum atomic E-state index is -0.411. The highest BCUT2D eigenvalue weighted by Gasteiger charge is 2.47. The summed E-state index contributed by atoms with van der Waals surface area (Å²) in [7, 11) is 3.62. The highest BCUT2D eigenvalue weighted by molar-refractivity contribution is 6.01. The van der Waals surface area contributed by atoms with E-state index < -0.39 is 5.82 Å². The van der Waals surface area contributed by atoms with Crippen LogP contribution in [-0.2, 0) is 24.8 Å². The maximum atomic E-state index is 15.1. The van der Waals surface area contributed by atoms with E-state index in [1.165, 1.54) is 18.9 Å². The first-order chi connectivity index (χ1) is 22.8. The number of rotatable bonds is 6. The number of ether oxygens (including phenoxy) is 1. The van der Waals surface area contributed by atoms with Gasteiger partial charge in [-0.25, -0.2) is 9.37 Å². The first kappa shape index (κ1) is 28.5. The molecule has 9 rings (SSSR count). The fourth-order valence-corrected chi connectivity index (χ4v) is 8.26. The van der Waals surface area contributed by atoms with E-state index in [4.69, 9.17) is 15.5 Å². The van der Waals surface area contributed by atoms with Crippen LogP contribution in [0.5, 0.6) is 5.75 Å². The summed E-state index contributed by atoms with van der Waals surface area (Å²) in [6, 6.07) is 15.8. The van der Waals surface area contributed by atoms with Crippen LogP contribution in [0, 0.1) is 17.7 Å². The molecular formula is C37H37FN6O3. The number of halogens is 1. The summed E-state index contributed by atoms with van der Waals surface area (Å²) < 4.78 is 25.4. The standard InChI is InChI=1S/C37H37FN6O3/c1-42-35-27(13-25(16-31(35)47-2)37(46)44-18-23-7-9-28(44)33(23)39)40-36(42)30-15-21-6-5-20(14-29(21)43(30)17-19-3-4-19)24-11-22-8-10-32(45)41-34(22)26(38)12-24/h5-6,11-16,19,23,28,33H,3-4,7-10,17-18,39H2,1-2H3,(H,41,45)/t23?,28?,33-/m1/s1. The molecule has 2 amide bonds. The van der Waals surface area contributed by atoms with Crippen LogP contribution >= 0.6 is 0 Å². The third-order valence-electron chi connectivity index (χ3n) is 11.0. The smallest absolute Gasteiger partial charge is 0.254 e. The van der Waals surface area contributed by atoms with Crippen LogP contribution in [0.15, 0.2) is 48.5 Å². The van der Waals surface area contributed by atoms with E-state index in [0.29, 0.717) is 53.7 Å². The first-order valence-electron chi connectivity index (χ1n) is 16.6. The minimum absolute atomic E-state index is 0.0172. The number of hydrogen-bond acceptors (Lipinski definition) is 5. The molecule has 4 aliphatic rings. The van der Waals surface area contributed by atoms with Gasteiger partial charge in [0.25, 0.3) is 5.91 Å². The second-order valence-electron chi connectivity index (χ2n) is 13.9. The molecule has 2 aliphatic heterocycles. The zero-order valence-corrected chi connectivity index (χ0v) is 26.6. The zero-order valence-electron chi connectivity index (χ0n) is 26.6. The summed E-state index contributed by atoms with van der Waals surface area (Å²) in [6.07, 6.45) is 5.29. The van der Waals surface area contributed by atoms with Crippen LogP contribution in [0.4, 0.5) is 10.1 Å². The molecule has 3 N–H and O–H groups in total. The van der Waals surface area contributed by atoms with Crippen molar-refractivity contribution in [2.45, 2.75) is 57.2 Å². The van der Waals surface area contributed by atoms with E-state index in [1.54, 1.807) is 7.11 Å². The maximum Gasteiger partial charge on any atom is 0.254 e. The van der Waals surface area contributed by atoms with Crippen LogP contribution < -0.4 is 15.8 Å². The molecule has 9 nitrogen and oxygen atoms in total. The molecule has 240 valence electrons. The molecule has 3 aromatic carbocycles. The lowest BCUT2D eigenvalue weighted by Crippen LogP contribution is -2.41. The molecule has 4 heterocycles. The number of benzene rings is 3. The Labute approximate surface area is 271 Å². The quantitative estimate of drug-likeness (QED) is 0.244. The Morgan fingerprint density at radius 1 is 1.06 bits per heavy atom. The molecular weight excluding hydrogens is 595 g/mol. The van der Waals surface area contributed by atoms with Crippen LogP contribution in [0.3, 0.4) is 0 Å². The van der Waals surface area contributed by atoms with Crippen LogP contribution in [0.1, 0.15) is 48.0 Å². The molecule has 1 saturated heterocycles. The van der Waals surface area contributed by atoms with Crippen molar-refractivity contribution in [1.82, 2.24) is 19.0 Å². The molecule has 5 aromatic rings. The molecule has 10 heteroatoms. The topological polar surface area (TPSA) is 107 Å². The lowest BCUT2D eigenvalue weighted by Gasteiger charge is -2.27.